The monoisotopic (exact) mass is 877 g/mol. The standard InChI is InChI=1S/C39H77NO16P2/c1-2-3-4-5-6-7-8-9-11-15-18-21-24-27-33(42)54-31(29-52-32(41)26-23-20-17-14-12-10-13-16-19-22-25-28-40)30-53-58(50,51)56-39-36(45)34(43)35(44)38(37(39)46)55-57(47,48)49/h31,34-39,43-46H,2-30,40H2,1H3,(H,50,51)(H2,47,48,49)/t31-,34+,35?,36?,37-,38-,39?/m1/s1. The Balaban J connectivity index is 2.63. The molecule has 0 saturated heterocycles. The normalized spacial score (nSPS) is 22.7. The molecule has 1 fully saturated rings. The van der Waals surface area contributed by atoms with Gasteiger partial charge in [0.15, 0.2) is 6.10 Å². The van der Waals surface area contributed by atoms with Crippen LogP contribution in [0.4, 0.5) is 0 Å². The molecule has 8 atom stereocenters. The van der Waals surface area contributed by atoms with Crippen molar-refractivity contribution in [3.8, 4) is 0 Å². The number of phosphoric ester groups is 2. The van der Waals surface area contributed by atoms with Gasteiger partial charge >= 0.3 is 27.6 Å². The zero-order valence-electron chi connectivity index (χ0n) is 34.8. The smallest absolute Gasteiger partial charge is 0.462 e. The van der Waals surface area contributed by atoms with E-state index in [-0.39, 0.29) is 12.8 Å². The van der Waals surface area contributed by atoms with Crippen LogP contribution in [0, 0.1) is 0 Å². The van der Waals surface area contributed by atoms with Crippen LogP contribution < -0.4 is 5.73 Å². The lowest BCUT2D eigenvalue weighted by molar-refractivity contribution is -0.216. The maximum atomic E-state index is 12.9. The van der Waals surface area contributed by atoms with Crippen LogP contribution in [0.5, 0.6) is 0 Å². The first kappa shape index (κ1) is 55.0. The van der Waals surface area contributed by atoms with Crippen LogP contribution >= 0.6 is 15.6 Å². The number of ether oxygens (including phenoxy) is 2. The molecule has 0 aromatic rings. The van der Waals surface area contributed by atoms with Gasteiger partial charge in [-0.3, -0.25) is 23.2 Å². The molecule has 0 heterocycles. The Morgan fingerprint density at radius 1 is 0.534 bits per heavy atom. The van der Waals surface area contributed by atoms with E-state index >= 15 is 0 Å². The molecular formula is C39H77NO16P2. The summed E-state index contributed by atoms with van der Waals surface area (Å²) < 4.78 is 49.2. The molecule has 17 nitrogen and oxygen atoms in total. The summed E-state index contributed by atoms with van der Waals surface area (Å²) in [4.78, 5) is 54.0. The van der Waals surface area contributed by atoms with Gasteiger partial charge in [0.05, 0.1) is 6.61 Å². The average Bonchev–Trinajstić information content (AvgIpc) is 3.17. The molecule has 0 radical (unpaired) electrons. The molecule has 19 heteroatoms. The molecule has 1 aliphatic rings. The summed E-state index contributed by atoms with van der Waals surface area (Å²) in [5.74, 6) is -1.21. The Morgan fingerprint density at radius 3 is 1.36 bits per heavy atom. The van der Waals surface area contributed by atoms with Crippen LogP contribution in [0.25, 0.3) is 0 Å². The van der Waals surface area contributed by atoms with Crippen molar-refractivity contribution < 1.29 is 76.9 Å². The number of hydrogen-bond acceptors (Lipinski definition) is 14. The Labute approximate surface area is 345 Å². The lowest BCUT2D eigenvalue weighted by atomic mass is 9.85. The van der Waals surface area contributed by atoms with Gasteiger partial charge in [-0.15, -0.1) is 0 Å². The second-order valence-corrected chi connectivity index (χ2v) is 18.2. The third-order valence-electron chi connectivity index (χ3n) is 10.3. The van der Waals surface area contributed by atoms with Crippen molar-refractivity contribution >= 4 is 27.6 Å². The van der Waals surface area contributed by atoms with Crippen molar-refractivity contribution in [3.05, 3.63) is 0 Å². The molecule has 1 saturated carbocycles. The summed E-state index contributed by atoms with van der Waals surface area (Å²) in [5, 5.41) is 41.1. The molecule has 58 heavy (non-hydrogen) atoms. The highest BCUT2D eigenvalue weighted by atomic mass is 31.2. The zero-order chi connectivity index (χ0) is 43.2. The van der Waals surface area contributed by atoms with Gasteiger partial charge < -0.3 is 50.3 Å². The summed E-state index contributed by atoms with van der Waals surface area (Å²) in [6, 6.07) is 0. The SMILES string of the molecule is CCCCCCCCCCCCCCCC(=O)O[C@H](COC(=O)CCCCCCCCCCCCCN)COP(=O)(O)OC1C(O)[C@@H](O)C(O)[C@@H](OP(=O)(O)O)[C@H]1O. The van der Waals surface area contributed by atoms with Gasteiger partial charge in [0.2, 0.25) is 0 Å². The summed E-state index contributed by atoms with van der Waals surface area (Å²) in [5.41, 5.74) is 5.53. The highest BCUT2D eigenvalue weighted by Crippen LogP contribution is 2.49. The van der Waals surface area contributed by atoms with E-state index in [1.54, 1.807) is 0 Å². The Hall–Kier alpha value is -1.04. The summed E-state index contributed by atoms with van der Waals surface area (Å²) in [6.07, 6.45) is 11.7. The van der Waals surface area contributed by atoms with Crippen molar-refractivity contribution in [2.75, 3.05) is 19.8 Å². The minimum absolute atomic E-state index is 0.0470. The van der Waals surface area contributed by atoms with Gasteiger partial charge in [0.1, 0.15) is 43.2 Å². The second kappa shape index (κ2) is 32.6. The quantitative estimate of drug-likeness (QED) is 0.0202. The maximum absolute atomic E-state index is 12.9. The van der Waals surface area contributed by atoms with Crippen LogP contribution in [0.15, 0.2) is 0 Å². The van der Waals surface area contributed by atoms with Crippen molar-refractivity contribution in [1.29, 1.82) is 0 Å². The largest absolute Gasteiger partial charge is 0.472 e. The number of unbranched alkanes of at least 4 members (excludes halogenated alkanes) is 22. The summed E-state index contributed by atoms with van der Waals surface area (Å²) >= 11 is 0. The number of rotatable bonds is 37. The third-order valence-corrected chi connectivity index (χ3v) is 11.8. The van der Waals surface area contributed by atoms with Crippen molar-refractivity contribution in [1.82, 2.24) is 0 Å². The predicted molar refractivity (Wildman–Crippen MR) is 217 cm³/mol. The Kier molecular flexibility index (Phi) is 30.9. The van der Waals surface area contributed by atoms with E-state index in [9.17, 15) is 44.0 Å². The van der Waals surface area contributed by atoms with E-state index in [2.05, 4.69) is 11.4 Å². The number of phosphoric acid groups is 2. The Morgan fingerprint density at radius 2 is 0.931 bits per heavy atom. The van der Waals surface area contributed by atoms with E-state index in [0.29, 0.717) is 12.8 Å². The number of esters is 2. The molecule has 1 aliphatic carbocycles. The minimum Gasteiger partial charge on any atom is -0.462 e. The van der Waals surface area contributed by atoms with E-state index < -0.39 is 83.5 Å². The fraction of sp³-hybridized carbons (Fsp3) is 0.949. The van der Waals surface area contributed by atoms with Gasteiger partial charge in [-0.1, -0.05) is 142 Å². The van der Waals surface area contributed by atoms with E-state index in [1.807, 2.05) is 0 Å². The van der Waals surface area contributed by atoms with Crippen LogP contribution in [-0.4, -0.2) is 110 Å². The first-order chi connectivity index (χ1) is 27.6. The molecule has 0 aromatic heterocycles. The van der Waals surface area contributed by atoms with Gasteiger partial charge in [-0.25, -0.2) is 9.13 Å². The molecule has 0 bridgehead atoms. The number of aliphatic hydroxyl groups is 4. The molecule has 4 unspecified atom stereocenters. The predicted octanol–water partition coefficient (Wildman–Crippen LogP) is 6.00. The highest BCUT2D eigenvalue weighted by molar-refractivity contribution is 7.47. The van der Waals surface area contributed by atoms with Crippen LogP contribution in [-0.2, 0) is 41.8 Å². The minimum atomic E-state index is -5.36. The van der Waals surface area contributed by atoms with Crippen molar-refractivity contribution in [3.63, 3.8) is 0 Å². The van der Waals surface area contributed by atoms with E-state index in [0.717, 1.165) is 64.3 Å². The maximum Gasteiger partial charge on any atom is 0.472 e. The second-order valence-electron chi connectivity index (χ2n) is 15.6. The highest BCUT2D eigenvalue weighted by Gasteiger charge is 2.54. The van der Waals surface area contributed by atoms with Gasteiger partial charge in [-0.2, -0.15) is 0 Å². The number of carbonyl (C=O) groups is 2. The van der Waals surface area contributed by atoms with Crippen LogP contribution in [0.3, 0.4) is 0 Å². The van der Waals surface area contributed by atoms with Gasteiger partial charge in [0, 0.05) is 12.8 Å². The number of nitrogens with two attached hydrogens (primary N) is 1. The van der Waals surface area contributed by atoms with Gasteiger partial charge in [-0.05, 0) is 25.8 Å². The van der Waals surface area contributed by atoms with Crippen LogP contribution in [0.2, 0.25) is 0 Å². The number of carbonyl (C=O) groups excluding carboxylic acids is 2. The molecule has 0 aromatic carbocycles. The molecule has 0 spiro atoms. The van der Waals surface area contributed by atoms with Crippen molar-refractivity contribution in [2.24, 2.45) is 5.73 Å². The first-order valence-corrected chi connectivity index (χ1v) is 24.8. The molecule has 0 amide bonds. The molecular weight excluding hydrogens is 800 g/mol. The first-order valence-electron chi connectivity index (χ1n) is 21.8. The molecule has 1 rings (SSSR count). The fourth-order valence-electron chi connectivity index (χ4n) is 6.86. The summed E-state index contributed by atoms with van der Waals surface area (Å²) in [6.45, 7) is 1.61. The fourth-order valence-corrected chi connectivity index (χ4v) is 8.40. The molecule has 0 aliphatic heterocycles. The van der Waals surface area contributed by atoms with Crippen molar-refractivity contribution in [2.45, 2.75) is 217 Å². The lowest BCUT2D eigenvalue weighted by Gasteiger charge is -2.43. The third kappa shape index (κ3) is 27.0. The molecule has 344 valence electrons. The van der Waals surface area contributed by atoms with E-state index in [4.69, 9.17) is 34.0 Å². The average molecular weight is 878 g/mol. The topological polar surface area (TPSA) is 282 Å². The summed E-state index contributed by atoms with van der Waals surface area (Å²) in [7, 11) is -10.7. The molecule has 9 N–H and O–H groups in total. The van der Waals surface area contributed by atoms with E-state index in [1.165, 1.54) is 83.5 Å². The lowest BCUT2D eigenvalue weighted by Crippen LogP contribution is -2.64. The Bertz CT molecular complexity index is 1160. The van der Waals surface area contributed by atoms with Crippen LogP contribution in [0.1, 0.15) is 174 Å². The zero-order valence-corrected chi connectivity index (χ0v) is 36.6. The number of aliphatic hydroxyl groups excluding tert-OH is 4. The van der Waals surface area contributed by atoms with Gasteiger partial charge in [0.25, 0.3) is 0 Å². The number of hydrogen-bond donors (Lipinski definition) is 8.